The van der Waals surface area contributed by atoms with Gasteiger partial charge in [-0.15, -0.1) is 10.2 Å². The van der Waals surface area contributed by atoms with Crippen LogP contribution in [0.1, 0.15) is 20.3 Å². The fourth-order valence-electron chi connectivity index (χ4n) is 3.19. The molecular formula is C19H26N4O4S3. The Morgan fingerprint density at radius 3 is 2.67 bits per heavy atom. The molecular weight excluding hydrogens is 444 g/mol. The predicted octanol–water partition coefficient (Wildman–Crippen LogP) is 3.05. The van der Waals surface area contributed by atoms with E-state index in [4.69, 9.17) is 4.74 Å². The Morgan fingerprint density at radius 2 is 2.07 bits per heavy atom. The summed E-state index contributed by atoms with van der Waals surface area (Å²) in [5.74, 6) is 1.41. The van der Waals surface area contributed by atoms with Gasteiger partial charge >= 0.3 is 0 Å². The highest BCUT2D eigenvalue weighted by molar-refractivity contribution is 8.01. The summed E-state index contributed by atoms with van der Waals surface area (Å²) in [5, 5.41) is 12.1. The molecule has 0 aliphatic carbocycles. The number of nitrogens with zero attached hydrogens (tertiary/aromatic N) is 3. The molecule has 30 heavy (non-hydrogen) atoms. The molecule has 0 unspecified atom stereocenters. The molecule has 0 saturated carbocycles. The SMILES string of the molecule is COc1ccc(Nc2nnc(SCC(=O)N(CC(C)C)[C@@H]3CCS(=O)(=O)C3)s2)cc1. The van der Waals surface area contributed by atoms with Crippen LogP contribution in [-0.2, 0) is 14.6 Å². The smallest absolute Gasteiger partial charge is 0.233 e. The van der Waals surface area contributed by atoms with E-state index < -0.39 is 9.84 Å². The maximum Gasteiger partial charge on any atom is 0.233 e. The summed E-state index contributed by atoms with van der Waals surface area (Å²) in [4.78, 5) is 14.6. The molecule has 1 amide bonds. The van der Waals surface area contributed by atoms with E-state index in [0.29, 0.717) is 22.4 Å². The van der Waals surface area contributed by atoms with Crippen LogP contribution in [0.4, 0.5) is 10.8 Å². The molecule has 1 aromatic carbocycles. The van der Waals surface area contributed by atoms with Crippen molar-refractivity contribution in [3.05, 3.63) is 24.3 Å². The third-order valence-electron chi connectivity index (χ3n) is 4.60. The van der Waals surface area contributed by atoms with E-state index >= 15 is 0 Å². The summed E-state index contributed by atoms with van der Waals surface area (Å²) in [6.45, 7) is 4.61. The van der Waals surface area contributed by atoms with Crippen molar-refractivity contribution < 1.29 is 17.9 Å². The number of nitrogens with one attached hydrogen (secondary N) is 1. The molecule has 1 saturated heterocycles. The highest BCUT2D eigenvalue weighted by atomic mass is 32.2. The monoisotopic (exact) mass is 470 g/mol. The zero-order chi connectivity index (χ0) is 21.7. The number of carbonyl (C=O) groups is 1. The number of hydrogen-bond acceptors (Lipinski definition) is 9. The zero-order valence-electron chi connectivity index (χ0n) is 17.2. The van der Waals surface area contributed by atoms with Gasteiger partial charge in [0.2, 0.25) is 11.0 Å². The number of carbonyl (C=O) groups excluding carboxylic acids is 1. The van der Waals surface area contributed by atoms with Crippen LogP contribution in [-0.4, -0.2) is 66.4 Å². The second-order valence-corrected chi connectivity index (χ2v) is 11.9. The number of benzene rings is 1. The number of thioether (sulfide) groups is 1. The minimum absolute atomic E-state index is 0.0596. The summed E-state index contributed by atoms with van der Waals surface area (Å²) < 4.78 is 29.5. The molecule has 2 heterocycles. The molecule has 1 atom stereocenters. The van der Waals surface area contributed by atoms with Gasteiger partial charge in [0.25, 0.3) is 0 Å². The lowest BCUT2D eigenvalue weighted by atomic mass is 10.1. The Labute approximate surface area is 185 Å². The molecule has 11 heteroatoms. The lowest BCUT2D eigenvalue weighted by Crippen LogP contribution is -2.44. The lowest BCUT2D eigenvalue weighted by molar-refractivity contribution is -0.130. The first-order chi connectivity index (χ1) is 14.3. The average molecular weight is 471 g/mol. The Balaban J connectivity index is 1.57. The normalized spacial score (nSPS) is 17.8. The summed E-state index contributed by atoms with van der Waals surface area (Å²) in [5.41, 5.74) is 0.866. The number of aromatic nitrogens is 2. The van der Waals surface area contributed by atoms with Gasteiger partial charge in [0.15, 0.2) is 14.2 Å². The summed E-state index contributed by atoms with van der Waals surface area (Å²) in [7, 11) is -1.43. The van der Waals surface area contributed by atoms with Crippen molar-refractivity contribution in [2.45, 2.75) is 30.6 Å². The van der Waals surface area contributed by atoms with Crippen molar-refractivity contribution >= 4 is 49.7 Å². The van der Waals surface area contributed by atoms with Crippen molar-refractivity contribution in [2.24, 2.45) is 5.92 Å². The van der Waals surface area contributed by atoms with E-state index in [1.165, 1.54) is 23.1 Å². The van der Waals surface area contributed by atoms with Gasteiger partial charge in [0, 0.05) is 18.3 Å². The zero-order valence-corrected chi connectivity index (χ0v) is 19.6. The number of ether oxygens (including phenoxy) is 1. The predicted molar refractivity (Wildman–Crippen MR) is 121 cm³/mol. The van der Waals surface area contributed by atoms with Crippen LogP contribution in [0.25, 0.3) is 0 Å². The molecule has 0 bridgehead atoms. The van der Waals surface area contributed by atoms with Gasteiger partial charge in [-0.3, -0.25) is 4.79 Å². The molecule has 1 fully saturated rings. The van der Waals surface area contributed by atoms with Crippen molar-refractivity contribution in [3.63, 3.8) is 0 Å². The quantitative estimate of drug-likeness (QED) is 0.558. The number of rotatable bonds is 9. The topological polar surface area (TPSA) is 101 Å². The third-order valence-corrected chi connectivity index (χ3v) is 8.31. The van der Waals surface area contributed by atoms with Gasteiger partial charge in [0.1, 0.15) is 5.75 Å². The largest absolute Gasteiger partial charge is 0.497 e. The summed E-state index contributed by atoms with van der Waals surface area (Å²) >= 11 is 2.69. The summed E-state index contributed by atoms with van der Waals surface area (Å²) in [6.07, 6.45) is 0.514. The average Bonchev–Trinajstić information content (AvgIpc) is 3.30. The third kappa shape index (κ3) is 6.32. The van der Waals surface area contributed by atoms with Crippen molar-refractivity contribution in [3.8, 4) is 5.75 Å². The van der Waals surface area contributed by atoms with Crippen LogP contribution in [0.5, 0.6) is 5.75 Å². The molecule has 1 aromatic heterocycles. The first-order valence-corrected chi connectivity index (χ1v) is 13.3. The van der Waals surface area contributed by atoms with E-state index in [0.717, 1.165) is 11.4 Å². The number of amides is 1. The van der Waals surface area contributed by atoms with Gasteiger partial charge in [-0.05, 0) is 36.6 Å². The van der Waals surface area contributed by atoms with Crippen molar-refractivity contribution in [1.82, 2.24) is 15.1 Å². The summed E-state index contributed by atoms with van der Waals surface area (Å²) in [6, 6.07) is 7.24. The second-order valence-electron chi connectivity index (χ2n) is 7.51. The van der Waals surface area contributed by atoms with E-state index in [-0.39, 0.29) is 35.1 Å². The minimum atomic E-state index is -3.04. The second kappa shape index (κ2) is 9.97. The maximum atomic E-state index is 12.8. The highest BCUT2D eigenvalue weighted by Gasteiger charge is 2.34. The fraction of sp³-hybridized carbons (Fsp3) is 0.526. The maximum absolute atomic E-state index is 12.8. The molecule has 8 nitrogen and oxygen atoms in total. The van der Waals surface area contributed by atoms with Crippen molar-refractivity contribution in [1.29, 1.82) is 0 Å². The van der Waals surface area contributed by atoms with Crippen LogP contribution >= 0.6 is 23.1 Å². The van der Waals surface area contributed by atoms with Crippen LogP contribution in [0.15, 0.2) is 28.6 Å². The molecule has 1 aliphatic rings. The Morgan fingerprint density at radius 1 is 1.33 bits per heavy atom. The van der Waals surface area contributed by atoms with Crippen LogP contribution < -0.4 is 10.1 Å². The lowest BCUT2D eigenvalue weighted by Gasteiger charge is -2.29. The van der Waals surface area contributed by atoms with Gasteiger partial charge in [-0.25, -0.2) is 8.42 Å². The van der Waals surface area contributed by atoms with Crippen LogP contribution in [0, 0.1) is 5.92 Å². The number of sulfone groups is 1. The van der Waals surface area contributed by atoms with Crippen molar-refractivity contribution in [2.75, 3.05) is 36.2 Å². The molecule has 1 N–H and O–H groups in total. The number of hydrogen-bond donors (Lipinski definition) is 1. The molecule has 164 valence electrons. The standard InChI is InChI=1S/C19H26N4O4S3/c1-13(2)10-23(15-8-9-30(25,26)12-15)17(24)11-28-19-22-21-18(29-19)20-14-4-6-16(27-3)7-5-14/h4-7,13,15H,8-12H2,1-3H3,(H,20,21)/t15-/m1/s1. The van der Waals surface area contributed by atoms with Gasteiger partial charge in [-0.1, -0.05) is 36.9 Å². The molecule has 2 aromatic rings. The first-order valence-electron chi connectivity index (χ1n) is 9.63. The molecule has 1 aliphatic heterocycles. The molecule has 0 radical (unpaired) electrons. The first kappa shape index (κ1) is 22.8. The van der Waals surface area contributed by atoms with E-state index in [9.17, 15) is 13.2 Å². The Hall–Kier alpha value is -1.85. The minimum Gasteiger partial charge on any atom is -0.497 e. The Bertz CT molecular complexity index is 960. The Kier molecular flexibility index (Phi) is 7.59. The fourth-order valence-corrected chi connectivity index (χ4v) is 6.58. The van der Waals surface area contributed by atoms with E-state index in [2.05, 4.69) is 15.5 Å². The van der Waals surface area contributed by atoms with Gasteiger partial charge < -0.3 is 15.0 Å². The van der Waals surface area contributed by atoms with Crippen LogP contribution in [0.2, 0.25) is 0 Å². The molecule has 3 rings (SSSR count). The molecule has 0 spiro atoms. The van der Waals surface area contributed by atoms with E-state index in [1.807, 2.05) is 38.1 Å². The number of methoxy groups -OCH3 is 1. The van der Waals surface area contributed by atoms with E-state index in [1.54, 1.807) is 12.0 Å². The van der Waals surface area contributed by atoms with Gasteiger partial charge in [0.05, 0.1) is 24.4 Å². The highest BCUT2D eigenvalue weighted by Crippen LogP contribution is 2.29. The number of anilines is 2. The van der Waals surface area contributed by atoms with Crippen LogP contribution in [0.3, 0.4) is 0 Å². The van der Waals surface area contributed by atoms with Gasteiger partial charge in [-0.2, -0.15) is 0 Å².